The molecule has 1 saturated heterocycles. The molecular weight excluding hydrogens is 474 g/mol. The normalized spacial score (nSPS) is 20.8. The average molecular weight is 504 g/mol. The summed E-state index contributed by atoms with van der Waals surface area (Å²) in [6, 6.07) is 6.89. The summed E-state index contributed by atoms with van der Waals surface area (Å²) in [6.45, 7) is 4.52. The molecule has 1 aliphatic carbocycles. The number of nitrogens with zero attached hydrogens (tertiary/aromatic N) is 2. The van der Waals surface area contributed by atoms with Crippen molar-refractivity contribution >= 4 is 39.6 Å². The Morgan fingerprint density at radius 3 is 2.28 bits per heavy atom. The van der Waals surface area contributed by atoms with Crippen LogP contribution in [0.3, 0.4) is 0 Å². The van der Waals surface area contributed by atoms with E-state index in [9.17, 15) is 19.2 Å². The van der Waals surface area contributed by atoms with Crippen LogP contribution in [0.5, 0.6) is 0 Å². The highest BCUT2D eigenvalue weighted by Crippen LogP contribution is 2.35. The molecular formula is C24H30BrN3O4. The van der Waals surface area contributed by atoms with Gasteiger partial charge in [0.05, 0.1) is 11.8 Å². The maximum absolute atomic E-state index is 13.2. The zero-order chi connectivity index (χ0) is 23.3. The van der Waals surface area contributed by atoms with Gasteiger partial charge in [-0.05, 0) is 43.9 Å². The molecule has 1 aliphatic heterocycles. The van der Waals surface area contributed by atoms with E-state index in [0.717, 1.165) is 16.5 Å². The summed E-state index contributed by atoms with van der Waals surface area (Å²) in [6.07, 6.45) is 5.82. The number of carbonyl (C=O) groups excluding carboxylic acids is 4. The molecule has 1 heterocycles. The summed E-state index contributed by atoms with van der Waals surface area (Å²) in [7, 11) is 0. The van der Waals surface area contributed by atoms with Gasteiger partial charge in [0.15, 0.2) is 0 Å². The van der Waals surface area contributed by atoms with Crippen LogP contribution in [0.25, 0.3) is 0 Å². The monoisotopic (exact) mass is 503 g/mol. The van der Waals surface area contributed by atoms with E-state index in [2.05, 4.69) is 21.2 Å². The van der Waals surface area contributed by atoms with Gasteiger partial charge < -0.3 is 10.2 Å². The smallest absolute Gasteiger partial charge is 0.242 e. The van der Waals surface area contributed by atoms with Crippen LogP contribution >= 0.6 is 15.9 Å². The highest BCUT2D eigenvalue weighted by molar-refractivity contribution is 9.10. The van der Waals surface area contributed by atoms with Gasteiger partial charge in [-0.1, -0.05) is 47.1 Å². The third kappa shape index (κ3) is 5.46. The highest BCUT2D eigenvalue weighted by Gasteiger charge is 2.47. The molecule has 0 radical (unpaired) electrons. The molecule has 7 nitrogen and oxygen atoms in total. The van der Waals surface area contributed by atoms with Crippen LogP contribution < -0.4 is 5.32 Å². The molecule has 32 heavy (non-hydrogen) atoms. The first kappa shape index (κ1) is 24.2. The fraction of sp³-hybridized carbons (Fsp3) is 0.500. The van der Waals surface area contributed by atoms with Crippen LogP contribution in [0.15, 0.2) is 40.9 Å². The first-order valence-corrected chi connectivity index (χ1v) is 11.9. The number of benzene rings is 1. The van der Waals surface area contributed by atoms with Crippen molar-refractivity contribution in [1.82, 2.24) is 15.1 Å². The quantitative estimate of drug-likeness (QED) is 0.414. The van der Waals surface area contributed by atoms with Crippen molar-refractivity contribution in [3.63, 3.8) is 0 Å². The van der Waals surface area contributed by atoms with Crippen molar-refractivity contribution < 1.29 is 19.2 Å². The Bertz CT molecular complexity index is 873. The maximum Gasteiger partial charge on any atom is 0.242 e. The lowest BCUT2D eigenvalue weighted by molar-refractivity contribution is -0.143. The van der Waals surface area contributed by atoms with E-state index in [1.807, 2.05) is 43.3 Å². The second-order valence-corrected chi connectivity index (χ2v) is 9.26. The number of fused-ring (bicyclic) bond motifs is 1. The van der Waals surface area contributed by atoms with Crippen LogP contribution in [-0.2, 0) is 25.7 Å². The number of hydrogen-bond donors (Lipinski definition) is 1. The molecule has 0 saturated carbocycles. The van der Waals surface area contributed by atoms with Crippen molar-refractivity contribution in [2.75, 3.05) is 13.1 Å². The van der Waals surface area contributed by atoms with E-state index < -0.39 is 6.04 Å². The Morgan fingerprint density at radius 2 is 1.72 bits per heavy atom. The number of halogens is 1. The van der Waals surface area contributed by atoms with Gasteiger partial charge in [-0.25, -0.2) is 0 Å². The highest BCUT2D eigenvalue weighted by atomic mass is 79.9. The van der Waals surface area contributed by atoms with Gasteiger partial charge in [0, 0.05) is 30.5 Å². The summed E-state index contributed by atoms with van der Waals surface area (Å²) >= 11 is 3.40. The number of nitrogens with one attached hydrogen (secondary N) is 1. The summed E-state index contributed by atoms with van der Waals surface area (Å²) in [5, 5.41) is 2.84. The van der Waals surface area contributed by atoms with E-state index in [4.69, 9.17) is 0 Å². The van der Waals surface area contributed by atoms with Gasteiger partial charge in [0.25, 0.3) is 0 Å². The summed E-state index contributed by atoms with van der Waals surface area (Å²) < 4.78 is 0.926. The molecule has 0 unspecified atom stereocenters. The summed E-state index contributed by atoms with van der Waals surface area (Å²) in [4.78, 5) is 53.9. The van der Waals surface area contributed by atoms with Gasteiger partial charge >= 0.3 is 0 Å². The lowest BCUT2D eigenvalue weighted by Crippen LogP contribution is -2.48. The van der Waals surface area contributed by atoms with Crippen molar-refractivity contribution in [2.45, 2.75) is 52.1 Å². The number of amides is 4. The molecule has 4 amide bonds. The number of imide groups is 1. The van der Waals surface area contributed by atoms with Gasteiger partial charge in [0.1, 0.15) is 6.04 Å². The van der Waals surface area contributed by atoms with E-state index in [1.54, 1.807) is 6.92 Å². The maximum atomic E-state index is 13.2. The fourth-order valence-corrected chi connectivity index (χ4v) is 4.47. The van der Waals surface area contributed by atoms with Crippen LogP contribution in [-0.4, -0.2) is 52.6 Å². The number of hydrogen-bond acceptors (Lipinski definition) is 4. The van der Waals surface area contributed by atoms with Crippen LogP contribution in [0, 0.1) is 11.8 Å². The number of carbonyl (C=O) groups is 4. The van der Waals surface area contributed by atoms with Gasteiger partial charge in [0.2, 0.25) is 23.6 Å². The van der Waals surface area contributed by atoms with E-state index in [-0.39, 0.29) is 55.0 Å². The minimum atomic E-state index is -0.672. The minimum absolute atomic E-state index is 0.00766. The summed E-state index contributed by atoms with van der Waals surface area (Å²) in [5.41, 5.74) is 0.891. The van der Waals surface area contributed by atoms with Gasteiger partial charge in [-0.3, -0.25) is 24.1 Å². The second-order valence-electron chi connectivity index (χ2n) is 8.35. The zero-order valence-electron chi connectivity index (χ0n) is 18.6. The van der Waals surface area contributed by atoms with Gasteiger partial charge in [-0.15, -0.1) is 0 Å². The summed E-state index contributed by atoms with van der Waals surface area (Å²) in [5.74, 6) is -1.47. The Kier molecular flexibility index (Phi) is 8.23. The molecule has 2 aliphatic rings. The van der Waals surface area contributed by atoms with Crippen molar-refractivity contribution in [1.29, 1.82) is 0 Å². The standard InChI is InChI=1S/C24H30BrN3O4/c1-3-13-26-22(30)16(2)28(15-17-8-10-18(25)11-9-17)21(29)12-14-27-23(31)19-6-4-5-7-20(19)24(27)32/h4-5,8-11,16,19-20H,3,6-7,12-15H2,1-2H3,(H,26,30)/t16-,19-,20+/m0/s1. The predicted molar refractivity (Wildman–Crippen MR) is 124 cm³/mol. The SMILES string of the molecule is CCCNC(=O)[C@H](C)N(Cc1ccc(Br)cc1)C(=O)CCN1C(=O)[C@H]2CC=CC[C@H]2C1=O. The first-order chi connectivity index (χ1) is 15.3. The van der Waals surface area contributed by atoms with E-state index in [0.29, 0.717) is 19.4 Å². The third-order valence-electron chi connectivity index (χ3n) is 6.13. The van der Waals surface area contributed by atoms with E-state index in [1.165, 1.54) is 9.80 Å². The molecule has 0 spiro atoms. The number of likely N-dealkylation sites (tertiary alicyclic amines) is 1. The largest absolute Gasteiger partial charge is 0.354 e. The Balaban J connectivity index is 1.70. The molecule has 172 valence electrons. The number of rotatable bonds is 9. The molecule has 1 N–H and O–H groups in total. The molecule has 1 fully saturated rings. The molecule has 1 aromatic carbocycles. The average Bonchev–Trinajstić information content (AvgIpc) is 3.04. The molecule has 3 rings (SSSR count). The molecule has 0 bridgehead atoms. The minimum Gasteiger partial charge on any atom is -0.354 e. The Labute approximate surface area is 197 Å². The topological polar surface area (TPSA) is 86.8 Å². The van der Waals surface area contributed by atoms with Crippen LogP contribution in [0.2, 0.25) is 0 Å². The Hall–Kier alpha value is -2.48. The predicted octanol–water partition coefficient (Wildman–Crippen LogP) is 3.03. The molecule has 0 aromatic heterocycles. The molecule has 1 aromatic rings. The third-order valence-corrected chi connectivity index (χ3v) is 6.66. The second kappa shape index (κ2) is 10.9. The van der Waals surface area contributed by atoms with Crippen molar-refractivity contribution in [3.05, 3.63) is 46.5 Å². The van der Waals surface area contributed by atoms with Crippen molar-refractivity contribution in [2.24, 2.45) is 11.8 Å². The fourth-order valence-electron chi connectivity index (χ4n) is 4.21. The Morgan fingerprint density at radius 1 is 1.12 bits per heavy atom. The van der Waals surface area contributed by atoms with Gasteiger partial charge in [-0.2, -0.15) is 0 Å². The number of allylic oxidation sites excluding steroid dienone is 2. The zero-order valence-corrected chi connectivity index (χ0v) is 20.1. The van der Waals surface area contributed by atoms with Crippen LogP contribution in [0.1, 0.15) is 45.1 Å². The van der Waals surface area contributed by atoms with E-state index >= 15 is 0 Å². The lowest BCUT2D eigenvalue weighted by atomic mass is 9.85. The lowest BCUT2D eigenvalue weighted by Gasteiger charge is -2.29. The molecule has 8 heteroatoms. The molecule has 3 atom stereocenters. The van der Waals surface area contributed by atoms with Crippen molar-refractivity contribution in [3.8, 4) is 0 Å². The van der Waals surface area contributed by atoms with Crippen LogP contribution in [0.4, 0.5) is 0 Å². The first-order valence-electron chi connectivity index (χ1n) is 11.1.